The summed E-state index contributed by atoms with van der Waals surface area (Å²) in [6.07, 6.45) is 0.420. The fourth-order valence-electron chi connectivity index (χ4n) is 1.54. The highest BCUT2D eigenvalue weighted by Crippen LogP contribution is 2.27. The third-order valence-electron chi connectivity index (χ3n) is 2.20. The summed E-state index contributed by atoms with van der Waals surface area (Å²) in [7, 11) is 1.22. The Kier molecular flexibility index (Phi) is 2.67. The summed E-state index contributed by atoms with van der Waals surface area (Å²) in [5.41, 5.74) is -1.76. The Morgan fingerprint density at radius 3 is 2.92 bits per heavy atom. The normalized spacial score (nSPS) is 36.1. The molecular weight excluding hydrogens is 161 g/mol. The van der Waals surface area contributed by atoms with E-state index in [2.05, 4.69) is 10.1 Å². The number of piperidine rings is 1. The lowest BCUT2D eigenvalue weighted by molar-refractivity contribution is -0.157. The number of rotatable bonds is 1. The van der Waals surface area contributed by atoms with E-state index in [4.69, 9.17) is 0 Å². The summed E-state index contributed by atoms with van der Waals surface area (Å²) in [6, 6.07) is 0.0443. The number of nitrogens with one attached hydrogen (secondary N) is 1. The predicted octanol–water partition coefficient (Wildman–Crippen LogP) is 0.640. The van der Waals surface area contributed by atoms with Crippen LogP contribution in [0.25, 0.3) is 0 Å². The van der Waals surface area contributed by atoms with E-state index in [0.717, 1.165) is 0 Å². The molecule has 0 saturated carbocycles. The second-order valence-electron chi connectivity index (χ2n) is 3.27. The van der Waals surface area contributed by atoms with Gasteiger partial charge in [-0.2, -0.15) is 0 Å². The highest BCUT2D eigenvalue weighted by atomic mass is 19.1. The summed E-state index contributed by atoms with van der Waals surface area (Å²) < 4.78 is 18.1. The fraction of sp³-hybridized carbons (Fsp3) is 0.875. The van der Waals surface area contributed by atoms with E-state index in [1.165, 1.54) is 7.11 Å². The van der Waals surface area contributed by atoms with E-state index in [-0.39, 0.29) is 18.9 Å². The number of carbonyl (C=O) groups excluding carboxylic acids is 1. The zero-order valence-electron chi connectivity index (χ0n) is 7.39. The smallest absolute Gasteiger partial charge is 0.343 e. The van der Waals surface area contributed by atoms with Gasteiger partial charge < -0.3 is 10.1 Å². The summed E-state index contributed by atoms with van der Waals surface area (Å²) in [4.78, 5) is 11.0. The molecule has 0 aromatic rings. The summed E-state index contributed by atoms with van der Waals surface area (Å²) in [6.45, 7) is 2.39. The predicted molar refractivity (Wildman–Crippen MR) is 42.6 cm³/mol. The molecule has 0 spiro atoms. The molecule has 12 heavy (non-hydrogen) atoms. The van der Waals surface area contributed by atoms with Crippen molar-refractivity contribution >= 4 is 5.97 Å². The van der Waals surface area contributed by atoms with Crippen molar-refractivity contribution in [3.63, 3.8) is 0 Å². The van der Waals surface area contributed by atoms with Crippen LogP contribution in [0.15, 0.2) is 0 Å². The van der Waals surface area contributed by atoms with E-state index < -0.39 is 11.6 Å². The first-order valence-electron chi connectivity index (χ1n) is 4.09. The van der Waals surface area contributed by atoms with Gasteiger partial charge in [0.25, 0.3) is 0 Å². The van der Waals surface area contributed by atoms with Gasteiger partial charge in [0, 0.05) is 18.9 Å². The topological polar surface area (TPSA) is 38.3 Å². The number of hydrogen-bond donors (Lipinski definition) is 1. The first-order chi connectivity index (χ1) is 5.58. The molecule has 2 atom stereocenters. The van der Waals surface area contributed by atoms with Crippen LogP contribution in [-0.4, -0.2) is 31.3 Å². The monoisotopic (exact) mass is 175 g/mol. The van der Waals surface area contributed by atoms with Gasteiger partial charge in [0.15, 0.2) is 0 Å². The molecule has 0 aromatic heterocycles. The molecule has 0 unspecified atom stereocenters. The average Bonchev–Trinajstić information content (AvgIpc) is 2.02. The van der Waals surface area contributed by atoms with Gasteiger partial charge in [0.2, 0.25) is 5.67 Å². The van der Waals surface area contributed by atoms with Gasteiger partial charge in [-0.1, -0.05) is 0 Å². The van der Waals surface area contributed by atoms with Crippen molar-refractivity contribution in [2.24, 2.45) is 0 Å². The number of halogens is 1. The van der Waals surface area contributed by atoms with E-state index in [1.807, 2.05) is 6.92 Å². The van der Waals surface area contributed by atoms with Gasteiger partial charge in [-0.15, -0.1) is 0 Å². The van der Waals surface area contributed by atoms with Gasteiger partial charge >= 0.3 is 5.97 Å². The molecule has 4 heteroatoms. The molecular formula is C8H14FNO2. The van der Waals surface area contributed by atoms with Crippen molar-refractivity contribution in [2.75, 3.05) is 13.7 Å². The quantitative estimate of drug-likeness (QED) is 0.594. The van der Waals surface area contributed by atoms with Crippen LogP contribution < -0.4 is 5.32 Å². The number of methoxy groups -OCH3 is 1. The molecule has 0 aliphatic carbocycles. The van der Waals surface area contributed by atoms with Crippen LogP contribution >= 0.6 is 0 Å². The Hall–Kier alpha value is -0.640. The van der Waals surface area contributed by atoms with Crippen LogP contribution in [0, 0.1) is 0 Å². The molecule has 1 heterocycles. The van der Waals surface area contributed by atoms with Crippen molar-refractivity contribution in [3.8, 4) is 0 Å². The minimum absolute atomic E-state index is 0.0443. The third-order valence-corrected chi connectivity index (χ3v) is 2.20. The van der Waals surface area contributed by atoms with Gasteiger partial charge in [0.1, 0.15) is 0 Å². The second kappa shape index (κ2) is 3.39. The molecule has 1 fully saturated rings. The number of esters is 1. The molecule has 0 bridgehead atoms. The lowest BCUT2D eigenvalue weighted by Crippen LogP contribution is -2.49. The zero-order valence-corrected chi connectivity index (χ0v) is 7.39. The zero-order chi connectivity index (χ0) is 9.19. The average molecular weight is 175 g/mol. The van der Waals surface area contributed by atoms with E-state index >= 15 is 0 Å². The SMILES string of the molecule is COC(=O)[C@]1(F)CCN[C@H](C)C1. The first kappa shape index (κ1) is 9.45. The van der Waals surface area contributed by atoms with Gasteiger partial charge in [-0.25, -0.2) is 9.18 Å². The van der Waals surface area contributed by atoms with Crippen molar-refractivity contribution in [3.05, 3.63) is 0 Å². The minimum Gasteiger partial charge on any atom is -0.467 e. The van der Waals surface area contributed by atoms with Crippen LogP contribution in [0.5, 0.6) is 0 Å². The lowest BCUT2D eigenvalue weighted by Gasteiger charge is -2.31. The summed E-state index contributed by atoms with van der Waals surface area (Å²) in [5, 5.41) is 3.07. The number of alkyl halides is 1. The van der Waals surface area contributed by atoms with Crippen LogP contribution in [0.3, 0.4) is 0 Å². The lowest BCUT2D eigenvalue weighted by atomic mass is 9.90. The largest absolute Gasteiger partial charge is 0.467 e. The number of carbonyl (C=O) groups is 1. The van der Waals surface area contributed by atoms with Crippen LogP contribution in [0.1, 0.15) is 19.8 Å². The van der Waals surface area contributed by atoms with E-state index in [9.17, 15) is 9.18 Å². The van der Waals surface area contributed by atoms with Crippen molar-refractivity contribution in [1.82, 2.24) is 5.32 Å². The maximum Gasteiger partial charge on any atom is 0.343 e. The molecule has 1 aliphatic rings. The number of hydrogen-bond acceptors (Lipinski definition) is 3. The molecule has 1 N–H and O–H groups in total. The van der Waals surface area contributed by atoms with Crippen molar-refractivity contribution in [1.29, 1.82) is 0 Å². The molecule has 0 radical (unpaired) electrons. The minimum atomic E-state index is -1.76. The molecule has 1 aliphatic heterocycles. The van der Waals surface area contributed by atoms with E-state index in [0.29, 0.717) is 6.54 Å². The van der Waals surface area contributed by atoms with Gasteiger partial charge in [-0.3, -0.25) is 0 Å². The second-order valence-corrected chi connectivity index (χ2v) is 3.27. The molecule has 0 amide bonds. The highest BCUT2D eigenvalue weighted by molar-refractivity contribution is 5.79. The molecule has 70 valence electrons. The molecule has 1 rings (SSSR count). The first-order valence-corrected chi connectivity index (χ1v) is 4.09. The maximum absolute atomic E-state index is 13.7. The number of ether oxygens (including phenoxy) is 1. The summed E-state index contributed by atoms with van der Waals surface area (Å²) >= 11 is 0. The van der Waals surface area contributed by atoms with Crippen LogP contribution in [-0.2, 0) is 9.53 Å². The van der Waals surface area contributed by atoms with Crippen molar-refractivity contribution < 1.29 is 13.9 Å². The van der Waals surface area contributed by atoms with Crippen LogP contribution in [0.4, 0.5) is 4.39 Å². The Balaban J connectivity index is 2.63. The van der Waals surface area contributed by atoms with Gasteiger partial charge in [0.05, 0.1) is 7.11 Å². The Morgan fingerprint density at radius 2 is 2.42 bits per heavy atom. The summed E-state index contributed by atoms with van der Waals surface area (Å²) in [5.74, 6) is -0.740. The van der Waals surface area contributed by atoms with Crippen molar-refractivity contribution in [2.45, 2.75) is 31.5 Å². The highest BCUT2D eigenvalue weighted by Gasteiger charge is 2.43. The standard InChI is InChI=1S/C8H14FNO2/c1-6-5-8(9,3-4-10-6)7(11)12-2/h6,10H,3-5H2,1-2H3/t6-,8+/m1/s1. The maximum atomic E-state index is 13.7. The Bertz CT molecular complexity index is 186. The van der Waals surface area contributed by atoms with Gasteiger partial charge in [-0.05, 0) is 13.5 Å². The third kappa shape index (κ3) is 1.75. The van der Waals surface area contributed by atoms with E-state index in [1.54, 1.807) is 0 Å². The fourth-order valence-corrected chi connectivity index (χ4v) is 1.54. The van der Waals surface area contributed by atoms with Crippen LogP contribution in [0.2, 0.25) is 0 Å². The molecule has 0 aromatic carbocycles. The Morgan fingerprint density at radius 1 is 1.75 bits per heavy atom. The molecule has 3 nitrogen and oxygen atoms in total. The Labute approximate surface area is 71.3 Å². The molecule has 1 saturated heterocycles.